The summed E-state index contributed by atoms with van der Waals surface area (Å²) in [7, 11) is 0. The molecule has 1 aromatic rings. The van der Waals surface area contributed by atoms with Crippen molar-refractivity contribution < 1.29 is 42.4 Å². The molecule has 6 nitrogen and oxygen atoms in total. The van der Waals surface area contributed by atoms with Gasteiger partial charge in [-0.05, 0) is 51.3 Å². The Bertz CT molecular complexity index is 821. The number of esters is 1. The van der Waals surface area contributed by atoms with Crippen LogP contribution in [0.4, 0.5) is 13.2 Å². The summed E-state index contributed by atoms with van der Waals surface area (Å²) in [6, 6.07) is 4.45. The number of ether oxygens (including phenoxy) is 3. The van der Waals surface area contributed by atoms with E-state index in [-0.39, 0.29) is 37.0 Å². The van der Waals surface area contributed by atoms with E-state index in [4.69, 9.17) is 14.2 Å². The molecular weight excluding hydrogens is 453 g/mol. The van der Waals surface area contributed by atoms with E-state index in [1.165, 1.54) is 18.2 Å². The van der Waals surface area contributed by atoms with Crippen LogP contribution in [0.3, 0.4) is 0 Å². The second-order valence-corrected chi connectivity index (χ2v) is 8.46. The minimum absolute atomic E-state index is 0.00953. The molecule has 1 fully saturated rings. The van der Waals surface area contributed by atoms with Crippen LogP contribution in [0.15, 0.2) is 48.6 Å². The molecular formula is C25H33F3O6. The zero-order chi connectivity index (χ0) is 25.1. The molecule has 2 N–H and O–H groups in total. The standard InChI is InChI=1S/C25H33F3O6/c1-17(2)34-24(31)11-6-4-3-5-10-21-22(30)16-33-23(21)13-12-19(29)15-32-20-9-7-8-18(14-20)25(26,27)28/h3,5,7-9,12-14,17,19,21-23,29-30H,4,6,10-11,15-16H2,1-2H3/t19-,21-,22-,23+/m0/s1. The first-order valence-electron chi connectivity index (χ1n) is 11.4. The molecule has 4 atom stereocenters. The quantitative estimate of drug-likeness (QED) is 0.258. The first-order chi connectivity index (χ1) is 16.1. The maximum atomic E-state index is 12.8. The van der Waals surface area contributed by atoms with Gasteiger partial charge in [0.05, 0.1) is 30.5 Å². The fourth-order valence-electron chi connectivity index (χ4n) is 3.46. The number of aliphatic hydroxyl groups is 2. The SMILES string of the molecule is CC(C)OC(=O)CCCC=CC[C@H]1[C@@H](O)CO[C@@H]1C=C[C@H](O)COc1cccc(C(F)(F)F)c1. The van der Waals surface area contributed by atoms with E-state index >= 15 is 0 Å². The lowest BCUT2D eigenvalue weighted by Crippen LogP contribution is -2.23. The second-order valence-electron chi connectivity index (χ2n) is 8.46. The van der Waals surface area contributed by atoms with Gasteiger partial charge in [-0.25, -0.2) is 0 Å². The molecule has 0 aliphatic carbocycles. The number of carbonyl (C=O) groups excluding carboxylic acids is 1. The lowest BCUT2D eigenvalue weighted by molar-refractivity contribution is -0.147. The van der Waals surface area contributed by atoms with Crippen LogP contribution in [-0.2, 0) is 20.4 Å². The van der Waals surface area contributed by atoms with E-state index in [1.807, 2.05) is 12.2 Å². The Morgan fingerprint density at radius 2 is 2.06 bits per heavy atom. The summed E-state index contributed by atoms with van der Waals surface area (Å²) in [5.74, 6) is -0.408. The first-order valence-corrected chi connectivity index (χ1v) is 11.4. The number of rotatable bonds is 12. The summed E-state index contributed by atoms with van der Waals surface area (Å²) in [4.78, 5) is 11.5. The molecule has 2 rings (SSSR count). The van der Waals surface area contributed by atoms with E-state index in [0.717, 1.165) is 12.1 Å². The molecule has 0 spiro atoms. The third-order valence-corrected chi connectivity index (χ3v) is 5.17. The van der Waals surface area contributed by atoms with Crippen molar-refractivity contribution in [3.8, 4) is 5.75 Å². The number of aliphatic hydroxyl groups excluding tert-OH is 2. The number of halogens is 3. The zero-order valence-electron chi connectivity index (χ0n) is 19.4. The average molecular weight is 487 g/mol. The predicted octanol–water partition coefficient (Wildman–Crippen LogP) is 4.45. The molecule has 1 aliphatic rings. The molecule has 1 aromatic carbocycles. The highest BCUT2D eigenvalue weighted by atomic mass is 19.4. The van der Waals surface area contributed by atoms with Crippen LogP contribution in [-0.4, -0.2) is 53.8 Å². The number of alkyl halides is 3. The van der Waals surface area contributed by atoms with Crippen molar-refractivity contribution in [2.75, 3.05) is 13.2 Å². The smallest absolute Gasteiger partial charge is 0.416 e. The predicted molar refractivity (Wildman–Crippen MR) is 120 cm³/mol. The van der Waals surface area contributed by atoms with Crippen molar-refractivity contribution in [1.82, 2.24) is 0 Å². The molecule has 0 aromatic heterocycles. The monoisotopic (exact) mass is 486 g/mol. The summed E-state index contributed by atoms with van der Waals surface area (Å²) >= 11 is 0. The molecule has 9 heteroatoms. The Kier molecular flexibility index (Phi) is 11.1. The number of hydrogen-bond donors (Lipinski definition) is 2. The minimum atomic E-state index is -4.47. The number of benzene rings is 1. The lowest BCUT2D eigenvalue weighted by Gasteiger charge is -2.16. The van der Waals surface area contributed by atoms with E-state index in [1.54, 1.807) is 19.9 Å². The van der Waals surface area contributed by atoms with E-state index in [0.29, 0.717) is 25.7 Å². The van der Waals surface area contributed by atoms with Gasteiger partial charge in [0.25, 0.3) is 0 Å². The van der Waals surface area contributed by atoms with E-state index in [2.05, 4.69) is 0 Å². The fourth-order valence-corrected chi connectivity index (χ4v) is 3.46. The van der Waals surface area contributed by atoms with Gasteiger partial charge in [-0.3, -0.25) is 4.79 Å². The molecule has 1 saturated heterocycles. The summed E-state index contributed by atoms with van der Waals surface area (Å²) < 4.78 is 54.3. The highest BCUT2D eigenvalue weighted by Gasteiger charge is 2.33. The summed E-state index contributed by atoms with van der Waals surface area (Å²) in [6.45, 7) is 3.56. The topological polar surface area (TPSA) is 85.2 Å². The molecule has 1 aliphatic heterocycles. The van der Waals surface area contributed by atoms with Crippen molar-refractivity contribution in [1.29, 1.82) is 0 Å². The van der Waals surface area contributed by atoms with Crippen LogP contribution in [0.25, 0.3) is 0 Å². The Morgan fingerprint density at radius 3 is 2.76 bits per heavy atom. The Labute approximate surface area is 198 Å². The van der Waals surface area contributed by atoms with Gasteiger partial charge >= 0.3 is 12.1 Å². The van der Waals surface area contributed by atoms with E-state index in [9.17, 15) is 28.2 Å². The van der Waals surface area contributed by atoms with Crippen LogP contribution in [0.1, 0.15) is 45.1 Å². The number of unbranched alkanes of at least 4 members (excludes halogenated alkanes) is 1. The summed E-state index contributed by atoms with van der Waals surface area (Å²) in [5.41, 5.74) is -0.824. The third kappa shape index (κ3) is 9.87. The first kappa shape index (κ1) is 27.9. The Balaban J connectivity index is 1.77. The van der Waals surface area contributed by atoms with Gasteiger partial charge in [0.15, 0.2) is 0 Å². The molecule has 0 radical (unpaired) electrons. The number of carbonyl (C=O) groups is 1. The van der Waals surface area contributed by atoms with Crippen LogP contribution >= 0.6 is 0 Å². The Hall–Kier alpha value is -2.36. The zero-order valence-corrected chi connectivity index (χ0v) is 19.4. The molecule has 0 saturated carbocycles. The van der Waals surface area contributed by atoms with Gasteiger partial charge in [0.2, 0.25) is 0 Å². The van der Waals surface area contributed by atoms with Crippen LogP contribution < -0.4 is 4.74 Å². The number of hydrogen-bond acceptors (Lipinski definition) is 6. The van der Waals surface area contributed by atoms with Crippen LogP contribution in [0.2, 0.25) is 0 Å². The second kappa shape index (κ2) is 13.5. The highest BCUT2D eigenvalue weighted by molar-refractivity contribution is 5.69. The van der Waals surface area contributed by atoms with Gasteiger partial charge in [0, 0.05) is 12.3 Å². The van der Waals surface area contributed by atoms with Gasteiger partial charge < -0.3 is 24.4 Å². The summed E-state index contributed by atoms with van der Waals surface area (Å²) in [5, 5.41) is 20.3. The van der Waals surface area contributed by atoms with Crippen molar-refractivity contribution in [2.45, 2.75) is 70.1 Å². The molecule has 1 heterocycles. The molecule has 0 amide bonds. The fraction of sp³-hybridized carbons (Fsp3) is 0.560. The largest absolute Gasteiger partial charge is 0.491 e. The molecule has 34 heavy (non-hydrogen) atoms. The average Bonchev–Trinajstić information content (AvgIpc) is 3.11. The molecule has 190 valence electrons. The maximum Gasteiger partial charge on any atom is 0.416 e. The van der Waals surface area contributed by atoms with Crippen molar-refractivity contribution in [3.63, 3.8) is 0 Å². The third-order valence-electron chi connectivity index (χ3n) is 5.17. The van der Waals surface area contributed by atoms with Gasteiger partial charge in [-0.1, -0.05) is 30.4 Å². The van der Waals surface area contributed by atoms with E-state index < -0.39 is 30.1 Å². The molecule has 0 unspecified atom stereocenters. The normalized spacial score (nSPS) is 22.1. The number of allylic oxidation sites excluding steroid dienone is 2. The van der Waals surface area contributed by atoms with Crippen LogP contribution in [0.5, 0.6) is 5.75 Å². The maximum absolute atomic E-state index is 12.8. The molecule has 0 bridgehead atoms. The van der Waals surface area contributed by atoms with Crippen molar-refractivity contribution in [2.24, 2.45) is 5.92 Å². The van der Waals surface area contributed by atoms with Crippen molar-refractivity contribution in [3.05, 3.63) is 54.1 Å². The summed E-state index contributed by atoms with van der Waals surface area (Å²) in [6.07, 6.45) is 2.55. The Morgan fingerprint density at radius 1 is 1.29 bits per heavy atom. The van der Waals surface area contributed by atoms with Gasteiger partial charge in [-0.2, -0.15) is 13.2 Å². The van der Waals surface area contributed by atoms with Gasteiger partial charge in [-0.15, -0.1) is 0 Å². The lowest BCUT2D eigenvalue weighted by atomic mass is 9.94. The minimum Gasteiger partial charge on any atom is -0.491 e. The highest BCUT2D eigenvalue weighted by Crippen LogP contribution is 2.31. The van der Waals surface area contributed by atoms with Crippen LogP contribution in [0, 0.1) is 5.92 Å². The van der Waals surface area contributed by atoms with Crippen molar-refractivity contribution >= 4 is 5.97 Å². The van der Waals surface area contributed by atoms with Gasteiger partial charge in [0.1, 0.15) is 18.5 Å².